The molecule has 1 atom stereocenters. The summed E-state index contributed by atoms with van der Waals surface area (Å²) >= 11 is 0. The topological polar surface area (TPSA) is 81.5 Å². The summed E-state index contributed by atoms with van der Waals surface area (Å²) < 4.78 is 5.20. The van der Waals surface area contributed by atoms with Gasteiger partial charge in [-0.15, -0.1) is 0 Å². The van der Waals surface area contributed by atoms with E-state index < -0.39 is 22.5 Å². The number of anilines is 1. The van der Waals surface area contributed by atoms with Crippen LogP contribution in [0.1, 0.15) is 27.7 Å². The zero-order chi connectivity index (χ0) is 14.6. The van der Waals surface area contributed by atoms with Crippen molar-refractivity contribution in [2.75, 3.05) is 5.32 Å². The van der Waals surface area contributed by atoms with E-state index in [4.69, 9.17) is 4.74 Å². The van der Waals surface area contributed by atoms with Gasteiger partial charge >= 0.3 is 5.97 Å². The third-order valence-corrected chi connectivity index (χ3v) is 2.23. The van der Waals surface area contributed by atoms with Gasteiger partial charge in [-0.25, -0.2) is 4.79 Å². The van der Waals surface area contributed by atoms with E-state index in [9.17, 15) is 14.9 Å². The molecule has 104 valence electrons. The molecule has 1 aromatic rings. The number of para-hydroxylation sites is 2. The number of benzene rings is 1. The van der Waals surface area contributed by atoms with E-state index in [1.165, 1.54) is 6.07 Å². The minimum atomic E-state index is -0.666. The van der Waals surface area contributed by atoms with E-state index in [1.54, 1.807) is 45.9 Å². The number of carbonyl (C=O) groups excluding carboxylic acids is 1. The van der Waals surface area contributed by atoms with Crippen molar-refractivity contribution in [2.24, 2.45) is 0 Å². The molecule has 0 aliphatic carbocycles. The summed E-state index contributed by atoms with van der Waals surface area (Å²) in [6.07, 6.45) is 0. The van der Waals surface area contributed by atoms with Crippen LogP contribution in [0.3, 0.4) is 0 Å². The highest BCUT2D eigenvalue weighted by molar-refractivity contribution is 5.80. The first-order valence-electron chi connectivity index (χ1n) is 5.93. The maximum absolute atomic E-state index is 11.8. The molecule has 0 fully saturated rings. The van der Waals surface area contributed by atoms with Gasteiger partial charge in [0, 0.05) is 6.07 Å². The van der Waals surface area contributed by atoms with Gasteiger partial charge < -0.3 is 10.1 Å². The molecule has 0 saturated carbocycles. The Morgan fingerprint density at radius 2 is 1.95 bits per heavy atom. The molecular formula is C13H18N2O4. The Kier molecular flexibility index (Phi) is 4.47. The van der Waals surface area contributed by atoms with Gasteiger partial charge in [0.05, 0.1) is 4.92 Å². The van der Waals surface area contributed by atoms with Crippen LogP contribution in [0, 0.1) is 10.1 Å². The van der Waals surface area contributed by atoms with E-state index in [0.29, 0.717) is 5.69 Å². The number of rotatable bonds is 4. The number of nitrogens with zero attached hydrogens (tertiary/aromatic N) is 1. The van der Waals surface area contributed by atoms with Crippen molar-refractivity contribution in [2.45, 2.75) is 39.3 Å². The van der Waals surface area contributed by atoms with E-state index in [2.05, 4.69) is 5.32 Å². The Morgan fingerprint density at radius 1 is 1.37 bits per heavy atom. The molecule has 1 N–H and O–H groups in total. The summed E-state index contributed by atoms with van der Waals surface area (Å²) in [4.78, 5) is 22.1. The van der Waals surface area contributed by atoms with Crippen molar-refractivity contribution in [3.63, 3.8) is 0 Å². The first kappa shape index (κ1) is 14.9. The van der Waals surface area contributed by atoms with Crippen LogP contribution in [-0.2, 0) is 9.53 Å². The predicted molar refractivity (Wildman–Crippen MR) is 72.0 cm³/mol. The van der Waals surface area contributed by atoms with E-state index in [-0.39, 0.29) is 5.69 Å². The largest absolute Gasteiger partial charge is 0.458 e. The zero-order valence-electron chi connectivity index (χ0n) is 11.5. The molecule has 0 aliphatic heterocycles. The highest BCUT2D eigenvalue weighted by Crippen LogP contribution is 2.24. The van der Waals surface area contributed by atoms with Crippen LogP contribution in [0.4, 0.5) is 11.4 Å². The van der Waals surface area contributed by atoms with Gasteiger partial charge in [0.1, 0.15) is 17.3 Å². The third kappa shape index (κ3) is 4.57. The standard InChI is InChI=1S/C13H18N2O4/c1-9(12(16)19-13(2,3)4)14-10-7-5-6-8-11(10)15(17)18/h5-9,14H,1-4H3/t9-/m1/s1. The number of hydrogen-bond acceptors (Lipinski definition) is 5. The van der Waals surface area contributed by atoms with Gasteiger partial charge in [0.2, 0.25) is 0 Å². The lowest BCUT2D eigenvalue weighted by atomic mass is 10.2. The fourth-order valence-corrected chi connectivity index (χ4v) is 1.44. The van der Waals surface area contributed by atoms with Crippen molar-refractivity contribution in [1.29, 1.82) is 0 Å². The lowest BCUT2D eigenvalue weighted by Gasteiger charge is -2.23. The van der Waals surface area contributed by atoms with Crippen molar-refractivity contribution in [3.05, 3.63) is 34.4 Å². The fraction of sp³-hybridized carbons (Fsp3) is 0.462. The molecule has 0 aromatic heterocycles. The molecule has 1 aromatic carbocycles. The van der Waals surface area contributed by atoms with Crippen LogP contribution < -0.4 is 5.32 Å². The van der Waals surface area contributed by atoms with Gasteiger partial charge in [-0.1, -0.05) is 12.1 Å². The van der Waals surface area contributed by atoms with Gasteiger partial charge in [0.15, 0.2) is 0 Å². The maximum Gasteiger partial charge on any atom is 0.328 e. The van der Waals surface area contributed by atoms with Crippen LogP contribution in [-0.4, -0.2) is 22.5 Å². The quantitative estimate of drug-likeness (QED) is 0.515. The molecule has 1 rings (SSSR count). The molecular weight excluding hydrogens is 248 g/mol. The Morgan fingerprint density at radius 3 is 2.47 bits per heavy atom. The average molecular weight is 266 g/mol. The lowest BCUT2D eigenvalue weighted by Crippen LogP contribution is -2.34. The van der Waals surface area contributed by atoms with Crippen LogP contribution in [0.25, 0.3) is 0 Å². The molecule has 0 bridgehead atoms. The normalized spacial score (nSPS) is 12.6. The van der Waals surface area contributed by atoms with Crippen molar-refractivity contribution < 1.29 is 14.5 Å². The number of hydrogen-bond donors (Lipinski definition) is 1. The highest BCUT2D eigenvalue weighted by atomic mass is 16.6. The van der Waals surface area contributed by atoms with E-state index >= 15 is 0 Å². The summed E-state index contributed by atoms with van der Waals surface area (Å²) in [6.45, 7) is 6.90. The number of carbonyl (C=O) groups is 1. The summed E-state index contributed by atoms with van der Waals surface area (Å²) in [5, 5.41) is 13.6. The highest BCUT2D eigenvalue weighted by Gasteiger charge is 2.23. The van der Waals surface area contributed by atoms with Crippen LogP contribution in [0.2, 0.25) is 0 Å². The predicted octanol–water partition coefficient (Wildman–Crippen LogP) is 2.74. The SMILES string of the molecule is C[C@@H](Nc1ccccc1[N+](=O)[O-])C(=O)OC(C)(C)C. The number of ether oxygens (including phenoxy) is 1. The van der Waals surface area contributed by atoms with Gasteiger partial charge in [-0.05, 0) is 33.8 Å². The second-order valence-electron chi connectivity index (χ2n) is 5.17. The maximum atomic E-state index is 11.8. The Balaban J connectivity index is 2.80. The Hall–Kier alpha value is -2.11. The summed E-state index contributed by atoms with van der Waals surface area (Å²) in [5.74, 6) is -0.453. The fourth-order valence-electron chi connectivity index (χ4n) is 1.44. The molecule has 0 radical (unpaired) electrons. The molecule has 0 spiro atoms. The molecule has 0 heterocycles. The van der Waals surface area contributed by atoms with Gasteiger partial charge in [-0.3, -0.25) is 10.1 Å². The average Bonchev–Trinajstić information content (AvgIpc) is 2.27. The first-order chi connectivity index (χ1) is 8.70. The summed E-state index contributed by atoms with van der Waals surface area (Å²) in [6, 6.07) is 5.50. The lowest BCUT2D eigenvalue weighted by molar-refractivity contribution is -0.384. The van der Waals surface area contributed by atoms with E-state index in [0.717, 1.165) is 0 Å². The molecule has 0 amide bonds. The van der Waals surface area contributed by atoms with Gasteiger partial charge in [0.25, 0.3) is 5.69 Å². The van der Waals surface area contributed by atoms with Crippen molar-refractivity contribution in [1.82, 2.24) is 0 Å². The minimum Gasteiger partial charge on any atom is -0.458 e. The first-order valence-corrected chi connectivity index (χ1v) is 5.93. The Labute approximate surface area is 111 Å². The number of esters is 1. The smallest absolute Gasteiger partial charge is 0.328 e. The van der Waals surface area contributed by atoms with Crippen LogP contribution >= 0.6 is 0 Å². The molecule has 6 nitrogen and oxygen atoms in total. The molecule has 19 heavy (non-hydrogen) atoms. The number of nitrogens with one attached hydrogen (secondary N) is 1. The number of nitro groups is 1. The van der Waals surface area contributed by atoms with Crippen LogP contribution in [0.15, 0.2) is 24.3 Å². The second kappa shape index (κ2) is 5.69. The van der Waals surface area contributed by atoms with Crippen molar-refractivity contribution in [3.8, 4) is 0 Å². The van der Waals surface area contributed by atoms with Crippen LogP contribution in [0.5, 0.6) is 0 Å². The monoisotopic (exact) mass is 266 g/mol. The molecule has 0 aliphatic rings. The minimum absolute atomic E-state index is 0.0714. The van der Waals surface area contributed by atoms with E-state index in [1.807, 2.05) is 0 Å². The summed E-state index contributed by atoms with van der Waals surface area (Å²) in [7, 11) is 0. The zero-order valence-corrected chi connectivity index (χ0v) is 11.5. The molecule has 6 heteroatoms. The second-order valence-corrected chi connectivity index (χ2v) is 5.17. The van der Waals surface area contributed by atoms with Gasteiger partial charge in [-0.2, -0.15) is 0 Å². The number of nitro benzene ring substituents is 1. The van der Waals surface area contributed by atoms with Crippen molar-refractivity contribution >= 4 is 17.3 Å². The Bertz CT molecular complexity index is 480. The molecule has 0 unspecified atom stereocenters. The third-order valence-electron chi connectivity index (χ3n) is 2.23. The summed E-state index contributed by atoms with van der Waals surface area (Å²) in [5.41, 5.74) is -0.362. The molecule has 0 saturated heterocycles.